The van der Waals surface area contributed by atoms with E-state index in [1.54, 1.807) is 26.0 Å². The molecule has 24 atom stereocenters. The Labute approximate surface area is 892 Å². The molecule has 22 nitrogen and oxygen atoms in total. The molecule has 0 saturated heterocycles. The van der Waals surface area contributed by atoms with Gasteiger partial charge in [0.25, 0.3) is 0 Å². The van der Waals surface area contributed by atoms with Crippen molar-refractivity contribution >= 4 is 17.9 Å². The van der Waals surface area contributed by atoms with Gasteiger partial charge in [-0.1, -0.05) is 214 Å². The molecule has 0 aromatic heterocycles. The summed E-state index contributed by atoms with van der Waals surface area (Å²) in [6, 6.07) is 17.0. The Balaban J connectivity index is 0.000000197. The smallest absolute Gasteiger partial charge is 0.339 e. The van der Waals surface area contributed by atoms with E-state index in [-0.39, 0.29) is 177 Å². The van der Waals surface area contributed by atoms with Crippen molar-refractivity contribution in [2.75, 3.05) is 0 Å². The van der Waals surface area contributed by atoms with E-state index >= 15 is 0 Å². The van der Waals surface area contributed by atoms with Crippen molar-refractivity contribution in [3.63, 3.8) is 0 Å². The minimum Gasteiger partial charge on any atom is -0.508 e. The number of unbranched alkanes of at least 4 members (excludes halogenated alkanes) is 4. The molecule has 828 valence electrons. The average Bonchev–Trinajstić information content (AvgIpc) is 1.58. The average molecular weight is 2070 g/mol. The fourth-order valence-corrected chi connectivity index (χ4v) is 29.3. The number of rotatable bonds is 23. The molecule has 6 heterocycles. The molecule has 0 amide bonds. The number of phenolic OH excluding ortho intramolecular Hbond substituents is 5. The van der Waals surface area contributed by atoms with Crippen LogP contribution in [0, 0.1) is 58.2 Å². The van der Waals surface area contributed by atoms with Gasteiger partial charge in [-0.2, -0.15) is 0 Å². The van der Waals surface area contributed by atoms with Crippen LogP contribution in [0.1, 0.15) is 458 Å². The van der Waals surface area contributed by atoms with Gasteiger partial charge in [0.05, 0.1) is 22.4 Å². The topological polar surface area (TPSA) is 370 Å². The molecule has 20 rings (SSSR count). The van der Waals surface area contributed by atoms with E-state index < -0.39 is 52.5 Å². The Kier molecular flexibility index (Phi) is 38.0. The number of carboxylic acids is 3. The zero-order valence-electron chi connectivity index (χ0n) is 88.7. The molecule has 6 aromatic rings. The number of aromatic hydroxyl groups is 6. The Morgan fingerprint density at radius 3 is 0.946 bits per heavy atom. The number of aryl methyl sites for hydroxylation is 6. The Morgan fingerprint density at radius 2 is 0.611 bits per heavy atom. The lowest BCUT2D eigenvalue weighted by Crippen LogP contribution is -2.59. The van der Waals surface area contributed by atoms with Crippen LogP contribution in [0.4, 0.5) is 0 Å². The zero-order chi connectivity index (χ0) is 104. The number of carboxylic acid groups (broad SMARTS) is 3. The molecule has 22 heteroatoms. The maximum atomic E-state index is 12.1. The molecule has 8 saturated carbocycles. The van der Waals surface area contributed by atoms with Gasteiger partial charge in [-0.25, -0.2) is 14.4 Å². The number of carbonyl (C=O) groups is 3. The summed E-state index contributed by atoms with van der Waals surface area (Å²) >= 11 is 0. The third-order valence-electron chi connectivity index (χ3n) is 36.5. The van der Waals surface area contributed by atoms with E-state index in [0.717, 1.165) is 194 Å². The first-order valence-electron chi connectivity index (χ1n) is 53.7. The molecular weight excluding hydrogens is 1880 g/mol. The molecule has 0 bridgehead atoms. The van der Waals surface area contributed by atoms with E-state index in [2.05, 4.69) is 108 Å². The fourth-order valence-electron chi connectivity index (χ4n) is 29.3. The molecule has 2 unspecified atom stereocenters. The van der Waals surface area contributed by atoms with Gasteiger partial charge in [0.15, 0.2) is 0 Å². The standard InChI is InChI=1S/C22H30O5.C21H30O3.C20H26O5.C20H26O4.C19H26O3.C19H26O2.6CH4/c1-5-6-7-8-13-11-15(23)18-17-14(12(2)3)9-10-22(4,26)20(17)27-19(18)16(13)21(24)25;1-5-6-7-8-14-11-16(22)19-17(12-14)24-20-18(19)15(13(2)3)9-10-21(20,4)23;1-5-6-11-9-13(21)16-15-12(10(2)3)7-8-20(4,24)18(15)25-17(16)14(11)19(22)23;1-5-6-10-9-12-14(17(21)13(10)18(22)23)16-15-11(19(16,2)3)7-8-20(15,4)24-12;1-5-6-12-9-14(20)17-15(10-12)22-18-16(17)13(11(2)3)7-8-19(18,4)21;1-5-6-11-9-13(20)15-14(10-11)21-19(4)8-7-12-16(19)17(15)18(12,2)3;;;;;;/h11,14,17,20,23,26H,2,5-10H2,1,3-4H3,(H,24,25);11-12,15,18,20,22-23H,2,5-10H2,1,3-4H3;9,12,15,18,21,24H,2,5-8H2,1,3-4H3,(H,22,23);9,11,15-16,21H,5-8H2,1-4H3,(H,22,23);9-10,13,16,18,20-21H,2,5-8H2,1,3-4H3;9-10,12,16-17,20H,5-8H2,1-4H3;6*1H4/t14-,17+,20-,22-;15-,18+,20-,21-;12-,15+,18-,20-;11?,15-,16-,20-;13-,16+,18-,19-;12?,16-,17-,19-;;;;;;/m000101....../s1. The quantitative estimate of drug-likeness (QED) is 0.0209. The van der Waals surface area contributed by atoms with Gasteiger partial charge >= 0.3 is 17.9 Å². The number of ether oxygens (including phenoxy) is 6. The maximum absolute atomic E-state index is 12.1. The Morgan fingerprint density at radius 1 is 0.322 bits per heavy atom. The van der Waals surface area contributed by atoms with E-state index in [0.29, 0.717) is 119 Å². The van der Waals surface area contributed by atoms with Gasteiger partial charge in [-0.3, -0.25) is 0 Å². The second-order valence-corrected chi connectivity index (χ2v) is 47.8. The minimum absolute atomic E-state index is 0. The van der Waals surface area contributed by atoms with Crippen molar-refractivity contribution in [2.45, 2.75) is 456 Å². The fraction of sp³-hybridized carbons (Fsp3) is 0.630. The molecule has 8 aliphatic carbocycles. The number of allylic oxidation sites excluding steroid dienone is 4. The van der Waals surface area contributed by atoms with Crippen LogP contribution in [0.25, 0.3) is 0 Å². The van der Waals surface area contributed by atoms with Gasteiger partial charge in [0, 0.05) is 80.7 Å². The molecule has 8 fully saturated rings. The maximum Gasteiger partial charge on any atom is 0.339 e. The van der Waals surface area contributed by atoms with E-state index in [1.807, 2.05) is 85.7 Å². The highest BCUT2D eigenvalue weighted by atomic mass is 16.5. The summed E-state index contributed by atoms with van der Waals surface area (Å²) in [5.74, 6) is 4.48. The Hall–Kier alpha value is -9.87. The number of aliphatic hydroxyl groups is 4. The number of hydrogen-bond acceptors (Lipinski definition) is 19. The molecule has 149 heavy (non-hydrogen) atoms. The van der Waals surface area contributed by atoms with E-state index in [9.17, 15) is 80.8 Å². The third kappa shape index (κ3) is 21.9. The van der Waals surface area contributed by atoms with Crippen LogP contribution in [0.2, 0.25) is 0 Å². The van der Waals surface area contributed by atoms with Crippen LogP contribution in [0.5, 0.6) is 69.0 Å². The summed E-state index contributed by atoms with van der Waals surface area (Å²) in [7, 11) is 0. The lowest BCUT2D eigenvalue weighted by Gasteiger charge is -2.62. The van der Waals surface area contributed by atoms with Crippen molar-refractivity contribution in [3.05, 3.63) is 187 Å². The third-order valence-corrected chi connectivity index (χ3v) is 36.5. The molecule has 6 aliphatic heterocycles. The predicted molar refractivity (Wildman–Crippen MR) is 597 cm³/mol. The normalized spacial score (nSPS) is 31.2. The van der Waals surface area contributed by atoms with Crippen LogP contribution in [-0.2, 0) is 38.5 Å². The highest BCUT2D eigenvalue weighted by molar-refractivity contribution is 5.96. The summed E-state index contributed by atoms with van der Waals surface area (Å²) in [6.07, 6.45) is 23.2. The van der Waals surface area contributed by atoms with Crippen molar-refractivity contribution in [1.29, 1.82) is 0 Å². The van der Waals surface area contributed by atoms with Crippen LogP contribution in [-0.4, -0.2) is 142 Å². The number of benzene rings is 6. The van der Waals surface area contributed by atoms with Gasteiger partial charge < -0.3 is 94.8 Å². The number of aromatic carboxylic acids is 3. The van der Waals surface area contributed by atoms with E-state index in [1.165, 1.54) is 24.8 Å². The lowest BCUT2D eigenvalue weighted by atomic mass is 9.45. The summed E-state index contributed by atoms with van der Waals surface area (Å²) in [5, 5.41) is 137. The summed E-state index contributed by atoms with van der Waals surface area (Å²) in [5.41, 5.74) is 10.5. The van der Waals surface area contributed by atoms with Gasteiger partial charge in [-0.15, -0.1) is 0 Å². The van der Waals surface area contributed by atoms with Crippen LogP contribution < -0.4 is 28.4 Å². The SMILES string of the molecule is C.C.C.C.C.C.C=C(C)[C@@H]1CC[C@](C)(O)[C@H]2Oc3c(C(=O)O)c(CCC)cc(O)c3[C@@H]12.C=C(C)[C@@H]1CC[C@](C)(O)[C@H]2Oc3c(C(=O)O)c(CCCCC)cc(O)c3[C@@H]12.C=C(C)[C@@H]1CC[C@](C)(O)[C@H]2Oc3cc(CCC)cc(O)c3[C@@H]12.C=C(C)[C@@H]1CC[C@](C)(O)[C@H]2Oc3cc(CCCCC)cc(O)c3[C@@H]12.CCCc1cc(O)c2c(c1)O[C@]1(C)CCC3[C@@H]1[C@@H]2C3(C)C.CCCc1cc2c(c(O)c1C(=O)O)[C@@H]1[C@H]3C(CC[C@@]3(C)O2)C1(C)C. The second-order valence-electron chi connectivity index (χ2n) is 47.8. The monoisotopic (exact) mass is 2070 g/mol. The molecule has 14 aliphatic rings. The number of phenols is 6. The molecule has 13 N–H and O–H groups in total. The highest BCUT2D eigenvalue weighted by Gasteiger charge is 2.72. The highest BCUT2D eigenvalue weighted by Crippen LogP contribution is 2.77. The van der Waals surface area contributed by atoms with E-state index in [4.69, 9.17) is 28.4 Å². The molecule has 6 aromatic carbocycles. The predicted octanol–water partition coefficient (Wildman–Crippen LogP) is 29.5. The van der Waals surface area contributed by atoms with Crippen molar-refractivity contribution in [2.24, 2.45) is 58.2 Å². The van der Waals surface area contributed by atoms with Crippen molar-refractivity contribution in [1.82, 2.24) is 0 Å². The molecule has 0 spiro atoms. The largest absolute Gasteiger partial charge is 0.508 e. The van der Waals surface area contributed by atoms with Gasteiger partial charge in [0.2, 0.25) is 0 Å². The summed E-state index contributed by atoms with van der Waals surface area (Å²) in [6.45, 7) is 57.7. The minimum atomic E-state index is -1.08. The van der Waals surface area contributed by atoms with Gasteiger partial charge in [-0.05, 0) is 332 Å². The van der Waals surface area contributed by atoms with Gasteiger partial charge in [0.1, 0.15) is 121 Å². The molecule has 0 radical (unpaired) electrons. The Bertz CT molecular complexity index is 5900. The number of hydrogen-bond donors (Lipinski definition) is 13. The van der Waals surface area contributed by atoms with Crippen LogP contribution >= 0.6 is 0 Å². The zero-order valence-corrected chi connectivity index (χ0v) is 88.7. The van der Waals surface area contributed by atoms with Crippen molar-refractivity contribution < 1.29 is 109 Å². The first-order valence-corrected chi connectivity index (χ1v) is 53.7. The summed E-state index contributed by atoms with van der Waals surface area (Å²) < 4.78 is 37.3. The molecular formula is C127H188O22. The van der Waals surface area contributed by atoms with Crippen LogP contribution in [0.3, 0.4) is 0 Å². The lowest BCUT2D eigenvalue weighted by molar-refractivity contribution is -0.121. The first kappa shape index (κ1) is 123. The first-order chi connectivity index (χ1) is 67.2. The number of fused-ring (bicyclic) bond motifs is 16. The summed E-state index contributed by atoms with van der Waals surface area (Å²) in [4.78, 5) is 35.7. The van der Waals surface area contributed by atoms with Crippen molar-refractivity contribution in [3.8, 4) is 69.0 Å². The second kappa shape index (κ2) is 46.2. The van der Waals surface area contributed by atoms with Crippen LogP contribution in [0.15, 0.2) is 103 Å².